The summed E-state index contributed by atoms with van der Waals surface area (Å²) in [6.07, 6.45) is 1.41. The summed E-state index contributed by atoms with van der Waals surface area (Å²) < 4.78 is 37.0. The highest BCUT2D eigenvalue weighted by Gasteiger charge is 2.43. The molecule has 7 heteroatoms. The minimum Gasteiger partial charge on any atom is -0.356 e. The molecule has 0 spiro atoms. The Morgan fingerprint density at radius 3 is 2.14 bits per heavy atom. The van der Waals surface area contributed by atoms with Crippen molar-refractivity contribution in [2.24, 2.45) is 11.8 Å². The van der Waals surface area contributed by atoms with Crippen molar-refractivity contribution in [1.82, 2.24) is 10.2 Å². The Bertz CT molecular complexity index is 398. The van der Waals surface area contributed by atoms with Crippen LogP contribution in [0.1, 0.15) is 44.9 Å². The SMILES string of the molecule is O=C(CC1CCCC1)NCC1CCN(C(=O)C(F)(F)F)CC1. The molecule has 1 saturated heterocycles. The molecule has 0 aromatic rings. The van der Waals surface area contributed by atoms with E-state index in [1.54, 1.807) is 0 Å². The van der Waals surface area contributed by atoms with Crippen LogP contribution in [0.3, 0.4) is 0 Å². The molecule has 0 atom stereocenters. The van der Waals surface area contributed by atoms with E-state index in [9.17, 15) is 22.8 Å². The van der Waals surface area contributed by atoms with E-state index in [4.69, 9.17) is 0 Å². The first-order valence-corrected chi connectivity index (χ1v) is 7.99. The van der Waals surface area contributed by atoms with E-state index >= 15 is 0 Å². The molecule has 1 N–H and O–H groups in total. The second-order valence-corrected chi connectivity index (χ2v) is 6.39. The van der Waals surface area contributed by atoms with Crippen molar-refractivity contribution >= 4 is 11.8 Å². The molecule has 2 rings (SSSR count). The van der Waals surface area contributed by atoms with Gasteiger partial charge in [0.25, 0.3) is 0 Å². The minimum atomic E-state index is -4.79. The average Bonchev–Trinajstić information content (AvgIpc) is 2.97. The van der Waals surface area contributed by atoms with Gasteiger partial charge in [0, 0.05) is 26.1 Å². The Morgan fingerprint density at radius 1 is 1.00 bits per heavy atom. The third-order valence-corrected chi connectivity index (χ3v) is 4.68. The molecule has 1 aliphatic carbocycles. The first kappa shape index (κ1) is 17.1. The maximum absolute atomic E-state index is 12.3. The van der Waals surface area contributed by atoms with Gasteiger partial charge in [-0.25, -0.2) is 0 Å². The fourth-order valence-electron chi connectivity index (χ4n) is 3.33. The predicted octanol–water partition coefficient (Wildman–Crippen LogP) is 2.48. The largest absolute Gasteiger partial charge is 0.471 e. The fraction of sp³-hybridized carbons (Fsp3) is 0.867. The van der Waals surface area contributed by atoms with E-state index in [1.165, 1.54) is 12.8 Å². The third-order valence-electron chi connectivity index (χ3n) is 4.68. The fourth-order valence-corrected chi connectivity index (χ4v) is 3.33. The Morgan fingerprint density at radius 2 is 1.59 bits per heavy atom. The maximum atomic E-state index is 12.3. The number of likely N-dealkylation sites (tertiary alicyclic amines) is 1. The lowest BCUT2D eigenvalue weighted by Crippen LogP contribution is -2.46. The molecule has 1 heterocycles. The van der Waals surface area contributed by atoms with Crippen LogP contribution in [0.2, 0.25) is 0 Å². The quantitative estimate of drug-likeness (QED) is 0.865. The van der Waals surface area contributed by atoms with Crippen LogP contribution >= 0.6 is 0 Å². The van der Waals surface area contributed by atoms with Gasteiger partial charge in [-0.1, -0.05) is 12.8 Å². The molecule has 4 nitrogen and oxygen atoms in total. The standard InChI is InChI=1S/C15H23F3N2O2/c16-15(17,18)14(22)20-7-5-12(6-8-20)10-19-13(21)9-11-3-1-2-4-11/h11-12H,1-10H2,(H,19,21). The van der Waals surface area contributed by atoms with Gasteiger partial charge in [0.1, 0.15) is 0 Å². The second kappa shape index (κ2) is 7.33. The van der Waals surface area contributed by atoms with Gasteiger partial charge in [-0.3, -0.25) is 9.59 Å². The molecule has 0 radical (unpaired) electrons. The summed E-state index contributed by atoms with van der Waals surface area (Å²) in [5.41, 5.74) is 0. The van der Waals surface area contributed by atoms with Crippen molar-refractivity contribution in [3.05, 3.63) is 0 Å². The molecule has 2 amide bonds. The van der Waals surface area contributed by atoms with E-state index in [0.29, 0.717) is 31.7 Å². The van der Waals surface area contributed by atoms with Gasteiger partial charge in [-0.2, -0.15) is 13.2 Å². The molecule has 2 fully saturated rings. The first-order chi connectivity index (χ1) is 10.4. The molecule has 0 aromatic carbocycles. The minimum absolute atomic E-state index is 0.0423. The van der Waals surface area contributed by atoms with Gasteiger partial charge in [0.15, 0.2) is 0 Å². The number of hydrogen-bond acceptors (Lipinski definition) is 2. The number of nitrogens with one attached hydrogen (secondary N) is 1. The van der Waals surface area contributed by atoms with Gasteiger partial charge >= 0.3 is 12.1 Å². The van der Waals surface area contributed by atoms with E-state index in [2.05, 4.69) is 5.32 Å². The van der Waals surface area contributed by atoms with Crippen LogP contribution in [-0.4, -0.2) is 42.5 Å². The number of rotatable bonds is 4. The van der Waals surface area contributed by atoms with Gasteiger partial charge < -0.3 is 10.2 Å². The zero-order chi connectivity index (χ0) is 16.2. The van der Waals surface area contributed by atoms with Gasteiger partial charge in [-0.15, -0.1) is 0 Å². The van der Waals surface area contributed by atoms with Crippen molar-refractivity contribution in [1.29, 1.82) is 0 Å². The van der Waals surface area contributed by atoms with Crippen molar-refractivity contribution in [3.63, 3.8) is 0 Å². The van der Waals surface area contributed by atoms with Crippen LogP contribution in [0.5, 0.6) is 0 Å². The Labute approximate surface area is 128 Å². The van der Waals surface area contributed by atoms with Crippen molar-refractivity contribution in [2.75, 3.05) is 19.6 Å². The summed E-state index contributed by atoms with van der Waals surface area (Å²) in [6.45, 7) is 0.725. The molecular formula is C15H23F3N2O2. The number of halogens is 3. The highest BCUT2D eigenvalue weighted by Crippen LogP contribution is 2.27. The molecule has 1 saturated carbocycles. The van der Waals surface area contributed by atoms with Gasteiger partial charge in [0.2, 0.25) is 5.91 Å². The van der Waals surface area contributed by atoms with Crippen molar-refractivity contribution < 1.29 is 22.8 Å². The predicted molar refractivity (Wildman–Crippen MR) is 74.9 cm³/mol. The van der Waals surface area contributed by atoms with Crippen LogP contribution in [0.15, 0.2) is 0 Å². The molecule has 126 valence electrons. The lowest BCUT2D eigenvalue weighted by molar-refractivity contribution is -0.186. The van der Waals surface area contributed by atoms with E-state index < -0.39 is 12.1 Å². The van der Waals surface area contributed by atoms with Crippen LogP contribution in [0, 0.1) is 11.8 Å². The van der Waals surface area contributed by atoms with E-state index in [-0.39, 0.29) is 24.9 Å². The number of carbonyl (C=O) groups excluding carboxylic acids is 2. The number of piperidine rings is 1. The van der Waals surface area contributed by atoms with Crippen LogP contribution in [0.25, 0.3) is 0 Å². The number of carbonyl (C=O) groups is 2. The summed E-state index contributed by atoms with van der Waals surface area (Å²) >= 11 is 0. The van der Waals surface area contributed by atoms with E-state index in [1.807, 2.05) is 0 Å². The number of nitrogens with zero attached hydrogens (tertiary/aromatic N) is 1. The first-order valence-electron chi connectivity index (χ1n) is 7.99. The monoisotopic (exact) mass is 320 g/mol. The van der Waals surface area contributed by atoms with Crippen molar-refractivity contribution in [3.8, 4) is 0 Å². The maximum Gasteiger partial charge on any atom is 0.471 e. The topological polar surface area (TPSA) is 49.4 Å². The molecule has 1 aliphatic heterocycles. The molecule has 0 unspecified atom stereocenters. The second-order valence-electron chi connectivity index (χ2n) is 6.39. The molecular weight excluding hydrogens is 297 g/mol. The Balaban J connectivity index is 1.65. The normalized spacial score (nSPS) is 21.1. The Kier molecular flexibility index (Phi) is 5.69. The zero-order valence-electron chi connectivity index (χ0n) is 12.6. The Hall–Kier alpha value is -1.27. The van der Waals surface area contributed by atoms with Crippen molar-refractivity contribution in [2.45, 2.75) is 51.1 Å². The van der Waals surface area contributed by atoms with E-state index in [0.717, 1.165) is 17.7 Å². The highest BCUT2D eigenvalue weighted by molar-refractivity contribution is 5.81. The molecule has 2 aliphatic rings. The third kappa shape index (κ3) is 4.88. The average molecular weight is 320 g/mol. The summed E-state index contributed by atoms with van der Waals surface area (Å²) in [6, 6.07) is 0. The molecule has 22 heavy (non-hydrogen) atoms. The van der Waals surface area contributed by atoms with Crippen LogP contribution in [-0.2, 0) is 9.59 Å². The smallest absolute Gasteiger partial charge is 0.356 e. The van der Waals surface area contributed by atoms with Gasteiger partial charge in [0.05, 0.1) is 0 Å². The number of amides is 2. The number of hydrogen-bond donors (Lipinski definition) is 1. The van der Waals surface area contributed by atoms with Crippen LogP contribution in [0.4, 0.5) is 13.2 Å². The van der Waals surface area contributed by atoms with Gasteiger partial charge in [-0.05, 0) is 37.5 Å². The summed E-state index contributed by atoms with van der Waals surface area (Å²) in [7, 11) is 0. The molecule has 0 bridgehead atoms. The summed E-state index contributed by atoms with van der Waals surface area (Å²) in [5, 5.41) is 2.89. The summed E-state index contributed by atoms with van der Waals surface area (Å²) in [5.74, 6) is -1.06. The van der Waals surface area contributed by atoms with Crippen LogP contribution < -0.4 is 5.32 Å². The summed E-state index contributed by atoms with van der Waals surface area (Å²) in [4.78, 5) is 23.8. The lowest BCUT2D eigenvalue weighted by atomic mass is 9.96. The lowest BCUT2D eigenvalue weighted by Gasteiger charge is -2.32. The number of alkyl halides is 3. The highest BCUT2D eigenvalue weighted by atomic mass is 19.4. The molecule has 0 aromatic heterocycles. The zero-order valence-corrected chi connectivity index (χ0v) is 12.6.